The Balaban J connectivity index is 2.03. The number of nitrogens with one attached hydrogen (secondary N) is 1. The molecule has 0 aliphatic rings. The Morgan fingerprint density at radius 1 is 0.900 bits per heavy atom. The number of nitrogens with zero attached hydrogens (tertiary/aromatic N) is 1. The second-order valence-corrected chi connectivity index (χ2v) is 5.79. The molecular weight excluding hydrogens is 244 g/mol. The van der Waals surface area contributed by atoms with Crippen LogP contribution in [0.25, 0.3) is 0 Å². The van der Waals surface area contributed by atoms with Crippen LogP contribution in [-0.2, 0) is 13.1 Å². The maximum atomic E-state index is 3.51. The summed E-state index contributed by atoms with van der Waals surface area (Å²) in [5.41, 5.74) is 6.50. The summed E-state index contributed by atoms with van der Waals surface area (Å²) in [6, 6.07) is 15.3. The zero-order valence-electron chi connectivity index (χ0n) is 12.9. The number of benzene rings is 2. The molecule has 0 aliphatic heterocycles. The fourth-order valence-corrected chi connectivity index (χ4v) is 2.52. The minimum absolute atomic E-state index is 0.869. The van der Waals surface area contributed by atoms with Gasteiger partial charge in [-0.15, -0.1) is 0 Å². The minimum Gasteiger partial charge on any atom is -0.381 e. The number of anilines is 1. The first kappa shape index (κ1) is 14.6. The highest BCUT2D eigenvalue weighted by atomic mass is 15.0. The molecular formula is C18H24N2. The molecule has 0 saturated carbocycles. The molecule has 106 valence electrons. The van der Waals surface area contributed by atoms with E-state index in [4.69, 9.17) is 0 Å². The molecule has 0 radical (unpaired) electrons. The first-order chi connectivity index (χ1) is 9.52. The van der Waals surface area contributed by atoms with Gasteiger partial charge in [-0.2, -0.15) is 0 Å². The second kappa shape index (κ2) is 6.58. The van der Waals surface area contributed by atoms with E-state index in [1.807, 2.05) is 0 Å². The van der Waals surface area contributed by atoms with E-state index in [-0.39, 0.29) is 0 Å². The van der Waals surface area contributed by atoms with Crippen LogP contribution in [0.3, 0.4) is 0 Å². The predicted molar refractivity (Wildman–Crippen MR) is 87.1 cm³/mol. The van der Waals surface area contributed by atoms with E-state index in [1.165, 1.54) is 27.9 Å². The zero-order valence-corrected chi connectivity index (χ0v) is 12.9. The first-order valence-electron chi connectivity index (χ1n) is 7.07. The highest BCUT2D eigenvalue weighted by Gasteiger charge is 1.99. The number of aryl methyl sites for hydroxylation is 2. The van der Waals surface area contributed by atoms with Crippen molar-refractivity contribution >= 4 is 5.69 Å². The van der Waals surface area contributed by atoms with Crippen LogP contribution in [0.5, 0.6) is 0 Å². The average Bonchev–Trinajstić information content (AvgIpc) is 2.35. The zero-order chi connectivity index (χ0) is 14.5. The summed E-state index contributed by atoms with van der Waals surface area (Å²) in [5.74, 6) is 0. The molecule has 2 aromatic carbocycles. The van der Waals surface area contributed by atoms with Crippen LogP contribution >= 0.6 is 0 Å². The molecule has 1 N–H and O–H groups in total. The molecule has 0 atom stereocenters. The van der Waals surface area contributed by atoms with Gasteiger partial charge in [-0.1, -0.05) is 41.5 Å². The third-order valence-electron chi connectivity index (χ3n) is 3.20. The fourth-order valence-electron chi connectivity index (χ4n) is 2.52. The van der Waals surface area contributed by atoms with Crippen molar-refractivity contribution in [1.82, 2.24) is 4.90 Å². The van der Waals surface area contributed by atoms with Crippen LogP contribution < -0.4 is 5.32 Å². The van der Waals surface area contributed by atoms with Gasteiger partial charge in [-0.05, 0) is 51.2 Å². The third kappa shape index (κ3) is 4.39. The summed E-state index contributed by atoms with van der Waals surface area (Å²) in [4.78, 5) is 2.18. The van der Waals surface area contributed by atoms with E-state index in [0.717, 1.165) is 13.1 Å². The average molecular weight is 268 g/mol. The van der Waals surface area contributed by atoms with Crippen LogP contribution in [0.2, 0.25) is 0 Å². The minimum atomic E-state index is 0.869. The van der Waals surface area contributed by atoms with Gasteiger partial charge in [0.15, 0.2) is 0 Å². The maximum Gasteiger partial charge on any atom is 0.0400 e. The summed E-state index contributed by atoms with van der Waals surface area (Å²) >= 11 is 0. The van der Waals surface area contributed by atoms with Crippen molar-refractivity contribution < 1.29 is 0 Å². The van der Waals surface area contributed by atoms with Crippen molar-refractivity contribution in [2.75, 3.05) is 19.4 Å². The lowest BCUT2D eigenvalue weighted by Gasteiger charge is -2.12. The van der Waals surface area contributed by atoms with Gasteiger partial charge < -0.3 is 10.2 Å². The summed E-state index contributed by atoms with van der Waals surface area (Å²) in [6.07, 6.45) is 0. The van der Waals surface area contributed by atoms with Gasteiger partial charge in [-0.25, -0.2) is 0 Å². The van der Waals surface area contributed by atoms with E-state index in [9.17, 15) is 0 Å². The Hall–Kier alpha value is -1.80. The normalized spacial score (nSPS) is 10.8. The molecule has 0 aliphatic carbocycles. The highest BCUT2D eigenvalue weighted by molar-refractivity contribution is 5.46. The molecule has 0 fully saturated rings. The molecule has 2 heteroatoms. The van der Waals surface area contributed by atoms with Crippen LogP contribution in [0.1, 0.15) is 22.3 Å². The number of hydrogen-bond donors (Lipinski definition) is 1. The number of hydrogen-bond acceptors (Lipinski definition) is 2. The van der Waals surface area contributed by atoms with Crippen molar-refractivity contribution in [1.29, 1.82) is 0 Å². The van der Waals surface area contributed by atoms with E-state index < -0.39 is 0 Å². The molecule has 0 spiro atoms. The predicted octanol–water partition coefficient (Wildman–Crippen LogP) is 3.98. The van der Waals surface area contributed by atoms with Crippen LogP contribution in [0.4, 0.5) is 5.69 Å². The maximum absolute atomic E-state index is 3.51. The number of rotatable bonds is 5. The molecule has 0 unspecified atom stereocenters. The lowest BCUT2D eigenvalue weighted by molar-refractivity contribution is 0.402. The van der Waals surface area contributed by atoms with Gasteiger partial charge in [0.05, 0.1) is 0 Å². The highest BCUT2D eigenvalue weighted by Crippen LogP contribution is 2.15. The van der Waals surface area contributed by atoms with E-state index in [1.54, 1.807) is 0 Å². The quantitative estimate of drug-likeness (QED) is 0.882. The fraction of sp³-hybridized carbons (Fsp3) is 0.333. The smallest absolute Gasteiger partial charge is 0.0400 e. The van der Waals surface area contributed by atoms with Crippen LogP contribution in [0.15, 0.2) is 42.5 Å². The molecule has 0 heterocycles. The van der Waals surface area contributed by atoms with Crippen molar-refractivity contribution in [2.45, 2.75) is 26.9 Å². The Bertz CT molecular complexity index is 553. The summed E-state index contributed by atoms with van der Waals surface area (Å²) < 4.78 is 0. The van der Waals surface area contributed by atoms with Crippen molar-refractivity contribution in [3.8, 4) is 0 Å². The lowest BCUT2D eigenvalue weighted by atomic mass is 10.1. The SMILES string of the molecule is Cc1cc(C)cc(CNc2cccc(CN(C)C)c2)c1. The van der Waals surface area contributed by atoms with E-state index >= 15 is 0 Å². The molecule has 0 amide bonds. The van der Waals surface area contributed by atoms with Gasteiger partial charge in [0.2, 0.25) is 0 Å². The van der Waals surface area contributed by atoms with Crippen molar-refractivity contribution in [3.63, 3.8) is 0 Å². The molecule has 2 aromatic rings. The standard InChI is InChI=1S/C18H24N2/c1-14-8-15(2)10-17(9-14)12-19-18-7-5-6-16(11-18)13-20(3)4/h5-11,19H,12-13H2,1-4H3. The molecule has 0 bridgehead atoms. The summed E-state index contributed by atoms with van der Waals surface area (Å²) in [5, 5.41) is 3.51. The summed E-state index contributed by atoms with van der Waals surface area (Å²) in [6.45, 7) is 6.13. The Morgan fingerprint density at radius 3 is 2.25 bits per heavy atom. The van der Waals surface area contributed by atoms with Gasteiger partial charge >= 0.3 is 0 Å². The Kier molecular flexibility index (Phi) is 4.80. The van der Waals surface area contributed by atoms with Gasteiger partial charge in [-0.3, -0.25) is 0 Å². The largest absolute Gasteiger partial charge is 0.381 e. The van der Waals surface area contributed by atoms with Crippen LogP contribution in [-0.4, -0.2) is 19.0 Å². The first-order valence-corrected chi connectivity index (χ1v) is 7.07. The molecule has 2 nitrogen and oxygen atoms in total. The van der Waals surface area contributed by atoms with Crippen molar-refractivity contribution in [3.05, 3.63) is 64.7 Å². The Morgan fingerprint density at radius 2 is 1.60 bits per heavy atom. The topological polar surface area (TPSA) is 15.3 Å². The van der Waals surface area contributed by atoms with E-state index in [0.29, 0.717) is 0 Å². The van der Waals surface area contributed by atoms with Gasteiger partial charge in [0.25, 0.3) is 0 Å². The van der Waals surface area contributed by atoms with E-state index in [2.05, 4.69) is 80.6 Å². The molecule has 0 aromatic heterocycles. The van der Waals surface area contributed by atoms with Crippen molar-refractivity contribution in [2.24, 2.45) is 0 Å². The molecule has 20 heavy (non-hydrogen) atoms. The third-order valence-corrected chi connectivity index (χ3v) is 3.20. The van der Waals surface area contributed by atoms with Gasteiger partial charge in [0.1, 0.15) is 0 Å². The molecule has 0 saturated heterocycles. The Labute approximate surface area is 122 Å². The second-order valence-electron chi connectivity index (χ2n) is 5.79. The van der Waals surface area contributed by atoms with Gasteiger partial charge in [0, 0.05) is 18.8 Å². The lowest BCUT2D eigenvalue weighted by Crippen LogP contribution is -2.10. The monoisotopic (exact) mass is 268 g/mol. The summed E-state index contributed by atoms with van der Waals surface area (Å²) in [7, 11) is 4.19. The van der Waals surface area contributed by atoms with Crippen LogP contribution in [0, 0.1) is 13.8 Å². The molecule has 2 rings (SSSR count).